The monoisotopic (exact) mass is 245 g/mol. The number of hydrogen-bond acceptors (Lipinski definition) is 1. The van der Waals surface area contributed by atoms with Crippen LogP contribution < -0.4 is 0 Å². The van der Waals surface area contributed by atoms with Crippen LogP contribution in [0.2, 0.25) is 0 Å². The molecular formula is C15H19NO2. The molecule has 0 fully saturated rings. The maximum atomic E-state index is 11.0. The molecule has 3 nitrogen and oxygen atoms in total. The van der Waals surface area contributed by atoms with E-state index in [9.17, 15) is 4.79 Å². The average Bonchev–Trinajstić information content (AvgIpc) is 2.67. The maximum absolute atomic E-state index is 11.0. The topological polar surface area (TPSA) is 42.2 Å². The zero-order valence-corrected chi connectivity index (χ0v) is 11.1. The molecule has 0 radical (unpaired) electrons. The van der Waals surface area contributed by atoms with E-state index in [0.29, 0.717) is 6.42 Å². The van der Waals surface area contributed by atoms with Gasteiger partial charge in [-0.15, -0.1) is 0 Å². The fraction of sp³-hybridized carbons (Fsp3) is 0.400. The Morgan fingerprint density at radius 1 is 1.44 bits per heavy atom. The van der Waals surface area contributed by atoms with Gasteiger partial charge in [-0.25, -0.2) is 0 Å². The number of nitrogens with zero attached hydrogens (tertiary/aromatic N) is 1. The second-order valence-electron chi connectivity index (χ2n) is 4.84. The van der Waals surface area contributed by atoms with Crippen LogP contribution in [0, 0.1) is 12.8 Å². The molecule has 2 aromatic rings. The van der Waals surface area contributed by atoms with Crippen molar-refractivity contribution in [1.29, 1.82) is 0 Å². The number of carbonyl (C=O) groups is 1. The number of carboxylic acid groups (broad SMARTS) is 1. The Labute approximate surface area is 107 Å². The van der Waals surface area contributed by atoms with Crippen molar-refractivity contribution in [3.05, 3.63) is 35.5 Å². The van der Waals surface area contributed by atoms with Gasteiger partial charge in [0.05, 0.1) is 11.4 Å². The summed E-state index contributed by atoms with van der Waals surface area (Å²) in [6, 6.07) is 8.34. The highest BCUT2D eigenvalue weighted by Gasteiger charge is 2.16. The Bertz CT molecular complexity index is 583. The molecular weight excluding hydrogens is 226 g/mol. The van der Waals surface area contributed by atoms with Crippen molar-refractivity contribution >= 4 is 16.9 Å². The van der Waals surface area contributed by atoms with E-state index in [0.717, 1.165) is 12.2 Å². The van der Waals surface area contributed by atoms with Gasteiger partial charge in [0.25, 0.3) is 0 Å². The van der Waals surface area contributed by atoms with E-state index >= 15 is 0 Å². The molecule has 2 rings (SSSR count). The number of hydrogen-bond donors (Lipinski definition) is 1. The highest BCUT2D eigenvalue weighted by Crippen LogP contribution is 2.25. The number of benzene rings is 1. The molecule has 1 unspecified atom stereocenters. The fourth-order valence-corrected chi connectivity index (χ4v) is 2.50. The normalized spacial score (nSPS) is 12.8. The van der Waals surface area contributed by atoms with Gasteiger partial charge < -0.3 is 9.67 Å². The highest BCUT2D eigenvalue weighted by atomic mass is 16.4. The van der Waals surface area contributed by atoms with Gasteiger partial charge in [0, 0.05) is 24.0 Å². The molecule has 0 aliphatic carbocycles. The Morgan fingerprint density at radius 2 is 2.17 bits per heavy atom. The Morgan fingerprint density at radius 3 is 2.78 bits per heavy atom. The number of aromatic nitrogens is 1. The molecule has 1 aromatic carbocycles. The van der Waals surface area contributed by atoms with Crippen molar-refractivity contribution in [2.45, 2.75) is 33.7 Å². The molecule has 96 valence electrons. The van der Waals surface area contributed by atoms with Crippen molar-refractivity contribution in [2.75, 3.05) is 0 Å². The molecule has 0 aliphatic heterocycles. The summed E-state index contributed by atoms with van der Waals surface area (Å²) in [6.07, 6.45) is 0.581. The third kappa shape index (κ3) is 2.13. The van der Waals surface area contributed by atoms with Crippen molar-refractivity contribution in [3.8, 4) is 0 Å². The van der Waals surface area contributed by atoms with Crippen LogP contribution in [-0.4, -0.2) is 15.6 Å². The molecule has 0 bridgehead atoms. The predicted molar refractivity (Wildman–Crippen MR) is 72.9 cm³/mol. The molecule has 0 saturated carbocycles. The minimum atomic E-state index is -0.736. The predicted octanol–water partition coefficient (Wildman–Crippen LogP) is 3.23. The Balaban J connectivity index is 2.51. The average molecular weight is 245 g/mol. The summed E-state index contributed by atoms with van der Waals surface area (Å²) in [5, 5.41) is 10.2. The number of aryl methyl sites for hydroxylation is 2. The SMILES string of the molecule is CCn1c(CC(C)C(=O)O)cc2cccc(C)c21. The first kappa shape index (κ1) is 12.7. The van der Waals surface area contributed by atoms with Gasteiger partial charge in [-0.1, -0.05) is 25.1 Å². The molecule has 3 heteroatoms. The summed E-state index contributed by atoms with van der Waals surface area (Å²) in [5.41, 5.74) is 3.58. The van der Waals surface area contributed by atoms with Gasteiger partial charge in [0.15, 0.2) is 0 Å². The molecule has 0 saturated heterocycles. The van der Waals surface area contributed by atoms with E-state index in [2.05, 4.69) is 36.6 Å². The molecule has 0 spiro atoms. The summed E-state index contributed by atoms with van der Waals surface area (Å²) in [6.45, 7) is 6.82. The van der Waals surface area contributed by atoms with Crippen LogP contribution in [-0.2, 0) is 17.8 Å². The number of para-hydroxylation sites is 1. The highest BCUT2D eigenvalue weighted by molar-refractivity contribution is 5.84. The van der Waals surface area contributed by atoms with E-state index in [1.807, 2.05) is 6.07 Å². The third-order valence-electron chi connectivity index (χ3n) is 3.46. The zero-order valence-electron chi connectivity index (χ0n) is 11.1. The quantitative estimate of drug-likeness (QED) is 0.898. The van der Waals surface area contributed by atoms with Crippen LogP contribution >= 0.6 is 0 Å². The Kier molecular flexibility index (Phi) is 3.41. The summed E-state index contributed by atoms with van der Waals surface area (Å²) >= 11 is 0. The van der Waals surface area contributed by atoms with Gasteiger partial charge in [-0.05, 0) is 25.5 Å². The largest absolute Gasteiger partial charge is 0.481 e. The first-order valence-corrected chi connectivity index (χ1v) is 6.35. The Hall–Kier alpha value is -1.77. The van der Waals surface area contributed by atoms with E-state index < -0.39 is 5.97 Å². The first-order chi connectivity index (χ1) is 8.54. The van der Waals surface area contributed by atoms with E-state index in [4.69, 9.17) is 5.11 Å². The fourth-order valence-electron chi connectivity index (χ4n) is 2.50. The second kappa shape index (κ2) is 4.84. The number of aliphatic carboxylic acids is 1. The van der Waals surface area contributed by atoms with Crippen molar-refractivity contribution in [1.82, 2.24) is 4.57 Å². The number of carboxylic acids is 1. The smallest absolute Gasteiger partial charge is 0.306 e. The van der Waals surface area contributed by atoms with Crippen molar-refractivity contribution in [3.63, 3.8) is 0 Å². The lowest BCUT2D eigenvalue weighted by Gasteiger charge is -2.11. The lowest BCUT2D eigenvalue weighted by Crippen LogP contribution is -2.14. The summed E-state index contributed by atoms with van der Waals surface area (Å²) in [7, 11) is 0. The van der Waals surface area contributed by atoms with Crippen LogP contribution in [0.5, 0.6) is 0 Å². The minimum absolute atomic E-state index is 0.347. The molecule has 1 N–H and O–H groups in total. The van der Waals surface area contributed by atoms with Crippen LogP contribution in [0.4, 0.5) is 0 Å². The lowest BCUT2D eigenvalue weighted by molar-refractivity contribution is -0.141. The van der Waals surface area contributed by atoms with E-state index in [-0.39, 0.29) is 5.92 Å². The standard InChI is InChI=1S/C15H19NO2/c1-4-16-13(8-11(3)15(17)18)9-12-7-5-6-10(2)14(12)16/h5-7,9,11H,4,8H2,1-3H3,(H,17,18). The van der Waals surface area contributed by atoms with Crippen LogP contribution in [0.3, 0.4) is 0 Å². The third-order valence-corrected chi connectivity index (χ3v) is 3.46. The second-order valence-corrected chi connectivity index (χ2v) is 4.84. The van der Waals surface area contributed by atoms with E-state index in [1.165, 1.54) is 16.5 Å². The summed E-state index contributed by atoms with van der Waals surface area (Å²) in [5.74, 6) is -1.08. The van der Waals surface area contributed by atoms with E-state index in [1.54, 1.807) is 6.92 Å². The molecule has 1 atom stereocenters. The lowest BCUT2D eigenvalue weighted by atomic mass is 10.1. The maximum Gasteiger partial charge on any atom is 0.306 e. The summed E-state index contributed by atoms with van der Waals surface area (Å²) in [4.78, 5) is 11.0. The molecule has 0 amide bonds. The van der Waals surface area contributed by atoms with Crippen LogP contribution in [0.1, 0.15) is 25.1 Å². The number of rotatable bonds is 4. The van der Waals surface area contributed by atoms with Crippen molar-refractivity contribution in [2.24, 2.45) is 5.92 Å². The van der Waals surface area contributed by atoms with Gasteiger partial charge in [-0.3, -0.25) is 4.79 Å². The summed E-state index contributed by atoms with van der Waals surface area (Å²) < 4.78 is 2.23. The molecule has 0 aliphatic rings. The first-order valence-electron chi connectivity index (χ1n) is 6.35. The van der Waals surface area contributed by atoms with Crippen LogP contribution in [0.15, 0.2) is 24.3 Å². The van der Waals surface area contributed by atoms with Gasteiger partial charge >= 0.3 is 5.97 Å². The van der Waals surface area contributed by atoms with Crippen molar-refractivity contribution < 1.29 is 9.90 Å². The van der Waals surface area contributed by atoms with Gasteiger partial charge in [-0.2, -0.15) is 0 Å². The number of fused-ring (bicyclic) bond motifs is 1. The molecule has 1 heterocycles. The molecule has 1 aromatic heterocycles. The van der Waals surface area contributed by atoms with Gasteiger partial charge in [0.2, 0.25) is 0 Å². The van der Waals surface area contributed by atoms with Crippen LogP contribution in [0.25, 0.3) is 10.9 Å². The van der Waals surface area contributed by atoms with Gasteiger partial charge in [0.1, 0.15) is 0 Å². The molecule has 18 heavy (non-hydrogen) atoms. The minimum Gasteiger partial charge on any atom is -0.481 e. The zero-order chi connectivity index (χ0) is 13.3.